The van der Waals surface area contributed by atoms with E-state index in [4.69, 9.17) is 14.5 Å². The maximum Gasteiger partial charge on any atom is 0.243 e. The Kier molecular flexibility index (Phi) is 6.08. The molecule has 1 saturated heterocycles. The quantitative estimate of drug-likeness (QED) is 0.553. The molecule has 0 saturated carbocycles. The Labute approximate surface area is 181 Å². The molecule has 1 aliphatic heterocycles. The Bertz CT molecular complexity index is 1120. The van der Waals surface area contributed by atoms with Gasteiger partial charge in [-0.05, 0) is 43.2 Å². The zero-order valence-corrected chi connectivity index (χ0v) is 18.6. The van der Waals surface area contributed by atoms with Crippen LogP contribution in [0.4, 0.5) is 0 Å². The van der Waals surface area contributed by atoms with Gasteiger partial charge in [-0.15, -0.1) is 11.3 Å². The minimum absolute atomic E-state index is 0.337. The molecule has 0 spiro atoms. The summed E-state index contributed by atoms with van der Waals surface area (Å²) in [5, 5.41) is 2.83. The highest BCUT2D eigenvalue weighted by Gasteiger charge is 2.25. The Balaban J connectivity index is 1.57. The molecule has 1 aliphatic rings. The summed E-state index contributed by atoms with van der Waals surface area (Å²) in [6, 6.07) is 12.7. The zero-order chi connectivity index (χ0) is 21.1. The number of aromatic nitrogens is 1. The van der Waals surface area contributed by atoms with Crippen molar-refractivity contribution in [1.82, 2.24) is 9.29 Å². The molecule has 0 bridgehead atoms. The average Bonchev–Trinajstić information content (AvgIpc) is 3.29. The van der Waals surface area contributed by atoms with Gasteiger partial charge in [0, 0.05) is 29.6 Å². The van der Waals surface area contributed by atoms with E-state index in [2.05, 4.69) is 0 Å². The van der Waals surface area contributed by atoms with E-state index in [1.165, 1.54) is 11.3 Å². The molecule has 3 aromatic rings. The van der Waals surface area contributed by atoms with Crippen molar-refractivity contribution in [3.8, 4) is 33.3 Å². The van der Waals surface area contributed by atoms with Crippen molar-refractivity contribution >= 4 is 21.4 Å². The van der Waals surface area contributed by atoms with Crippen molar-refractivity contribution in [2.75, 3.05) is 27.3 Å². The van der Waals surface area contributed by atoms with Crippen LogP contribution in [0.5, 0.6) is 11.5 Å². The molecule has 0 amide bonds. The van der Waals surface area contributed by atoms with Crippen molar-refractivity contribution in [3.05, 3.63) is 47.8 Å². The summed E-state index contributed by atoms with van der Waals surface area (Å²) >= 11 is 1.53. The molecule has 2 heterocycles. The third kappa shape index (κ3) is 4.08. The number of benzene rings is 2. The first-order valence-corrected chi connectivity index (χ1v) is 12.1. The lowest BCUT2D eigenvalue weighted by molar-refractivity contribution is 0.346. The van der Waals surface area contributed by atoms with E-state index in [0.29, 0.717) is 29.5 Å². The summed E-state index contributed by atoms with van der Waals surface area (Å²) in [4.78, 5) is 5.06. The minimum atomic E-state index is -3.42. The van der Waals surface area contributed by atoms with E-state index in [0.717, 1.165) is 41.1 Å². The van der Waals surface area contributed by atoms with Crippen LogP contribution in [0.3, 0.4) is 0 Å². The van der Waals surface area contributed by atoms with E-state index in [1.807, 2.05) is 35.7 Å². The molecular formula is C22H24N2O4S2. The number of rotatable bonds is 6. The number of nitrogens with zero attached hydrogens (tertiary/aromatic N) is 2. The SMILES string of the molecule is COc1ccc(-c2nc(-c3ccc(S(=O)(=O)N4CCCCC4)cc3)cs2)cc1OC. The topological polar surface area (TPSA) is 68.7 Å². The largest absolute Gasteiger partial charge is 0.493 e. The Morgan fingerprint density at radius 1 is 0.900 bits per heavy atom. The summed E-state index contributed by atoms with van der Waals surface area (Å²) in [6.45, 7) is 1.20. The number of thiazole rings is 1. The highest BCUT2D eigenvalue weighted by molar-refractivity contribution is 7.89. The fraction of sp³-hybridized carbons (Fsp3) is 0.318. The number of ether oxygens (including phenoxy) is 2. The van der Waals surface area contributed by atoms with Crippen LogP contribution in [0.15, 0.2) is 52.7 Å². The number of hydrogen-bond acceptors (Lipinski definition) is 6. The molecule has 158 valence electrons. The monoisotopic (exact) mass is 444 g/mol. The lowest BCUT2D eigenvalue weighted by Gasteiger charge is -2.25. The molecule has 0 N–H and O–H groups in total. The molecule has 6 nitrogen and oxygen atoms in total. The molecule has 4 rings (SSSR count). The van der Waals surface area contributed by atoms with E-state index in [9.17, 15) is 8.42 Å². The van der Waals surface area contributed by atoms with Crippen LogP contribution in [0.2, 0.25) is 0 Å². The highest BCUT2D eigenvalue weighted by atomic mass is 32.2. The molecular weight excluding hydrogens is 420 g/mol. The fourth-order valence-electron chi connectivity index (χ4n) is 3.56. The third-order valence-electron chi connectivity index (χ3n) is 5.24. The molecule has 1 aromatic heterocycles. The first-order valence-electron chi connectivity index (χ1n) is 9.81. The normalized spacial score (nSPS) is 15.1. The van der Waals surface area contributed by atoms with Gasteiger partial charge in [0.2, 0.25) is 10.0 Å². The summed E-state index contributed by atoms with van der Waals surface area (Å²) in [6.07, 6.45) is 2.95. The van der Waals surface area contributed by atoms with Crippen LogP contribution in [0.25, 0.3) is 21.8 Å². The summed E-state index contributed by atoms with van der Waals surface area (Å²) in [7, 11) is -0.212. The number of methoxy groups -OCH3 is 2. The van der Waals surface area contributed by atoms with Crippen LogP contribution in [-0.2, 0) is 10.0 Å². The molecule has 1 fully saturated rings. The van der Waals surface area contributed by atoms with E-state index >= 15 is 0 Å². The maximum atomic E-state index is 12.8. The van der Waals surface area contributed by atoms with Gasteiger partial charge in [-0.2, -0.15) is 4.31 Å². The summed E-state index contributed by atoms with van der Waals surface area (Å²) < 4.78 is 37.9. The van der Waals surface area contributed by atoms with Crippen molar-refractivity contribution in [3.63, 3.8) is 0 Å². The van der Waals surface area contributed by atoms with E-state index in [-0.39, 0.29) is 0 Å². The van der Waals surface area contributed by atoms with Gasteiger partial charge in [-0.1, -0.05) is 18.6 Å². The van der Waals surface area contributed by atoms with Gasteiger partial charge in [0.25, 0.3) is 0 Å². The Morgan fingerprint density at radius 2 is 1.57 bits per heavy atom. The smallest absolute Gasteiger partial charge is 0.243 e. The minimum Gasteiger partial charge on any atom is -0.493 e. The van der Waals surface area contributed by atoms with Crippen molar-refractivity contribution in [1.29, 1.82) is 0 Å². The summed E-state index contributed by atoms with van der Waals surface area (Å²) in [5.74, 6) is 1.32. The fourth-order valence-corrected chi connectivity index (χ4v) is 5.90. The summed E-state index contributed by atoms with van der Waals surface area (Å²) in [5.41, 5.74) is 2.63. The second-order valence-electron chi connectivity index (χ2n) is 7.10. The van der Waals surface area contributed by atoms with Crippen molar-refractivity contribution in [2.45, 2.75) is 24.2 Å². The van der Waals surface area contributed by atoms with Crippen LogP contribution in [0, 0.1) is 0 Å². The lowest BCUT2D eigenvalue weighted by Crippen LogP contribution is -2.35. The first-order chi connectivity index (χ1) is 14.5. The second kappa shape index (κ2) is 8.75. The maximum absolute atomic E-state index is 12.8. The molecule has 0 atom stereocenters. The van der Waals surface area contributed by atoms with Crippen LogP contribution < -0.4 is 9.47 Å². The van der Waals surface area contributed by atoms with E-state index < -0.39 is 10.0 Å². The van der Waals surface area contributed by atoms with E-state index in [1.54, 1.807) is 30.7 Å². The average molecular weight is 445 g/mol. The number of hydrogen-bond donors (Lipinski definition) is 0. The molecule has 30 heavy (non-hydrogen) atoms. The zero-order valence-electron chi connectivity index (χ0n) is 17.0. The number of sulfonamides is 1. The van der Waals surface area contributed by atoms with Gasteiger partial charge >= 0.3 is 0 Å². The van der Waals surface area contributed by atoms with Gasteiger partial charge in [-0.3, -0.25) is 0 Å². The molecule has 2 aromatic carbocycles. The van der Waals surface area contributed by atoms with Crippen LogP contribution in [-0.4, -0.2) is 45.0 Å². The molecule has 8 heteroatoms. The van der Waals surface area contributed by atoms with Gasteiger partial charge in [0.05, 0.1) is 24.8 Å². The number of piperidine rings is 1. The van der Waals surface area contributed by atoms with Gasteiger partial charge in [0.15, 0.2) is 11.5 Å². The standard InChI is InChI=1S/C22H24N2O4S2/c1-27-20-11-8-17(14-21(20)28-2)22-23-19(15-29-22)16-6-9-18(10-7-16)30(25,26)24-12-4-3-5-13-24/h6-11,14-15H,3-5,12-13H2,1-2H3. The van der Waals surface area contributed by atoms with Crippen molar-refractivity contribution in [2.24, 2.45) is 0 Å². The second-order valence-corrected chi connectivity index (χ2v) is 9.89. The van der Waals surface area contributed by atoms with Crippen LogP contribution >= 0.6 is 11.3 Å². The van der Waals surface area contributed by atoms with Crippen molar-refractivity contribution < 1.29 is 17.9 Å². The first kappa shape index (κ1) is 20.8. The molecule has 0 radical (unpaired) electrons. The van der Waals surface area contributed by atoms with Gasteiger partial charge in [0.1, 0.15) is 5.01 Å². The van der Waals surface area contributed by atoms with Crippen LogP contribution in [0.1, 0.15) is 19.3 Å². The highest BCUT2D eigenvalue weighted by Crippen LogP contribution is 2.35. The predicted molar refractivity (Wildman–Crippen MR) is 119 cm³/mol. The van der Waals surface area contributed by atoms with Gasteiger partial charge in [-0.25, -0.2) is 13.4 Å². The molecule has 0 unspecified atom stereocenters. The Hall–Kier alpha value is -2.42. The Morgan fingerprint density at radius 3 is 2.23 bits per heavy atom. The lowest BCUT2D eigenvalue weighted by atomic mass is 10.2. The molecule has 0 aliphatic carbocycles. The predicted octanol–water partition coefficient (Wildman–Crippen LogP) is 4.67. The van der Waals surface area contributed by atoms with Gasteiger partial charge < -0.3 is 9.47 Å². The third-order valence-corrected chi connectivity index (χ3v) is 8.04.